The van der Waals surface area contributed by atoms with E-state index in [4.69, 9.17) is 0 Å². The number of benzene rings is 2. The molecule has 0 radical (unpaired) electrons. The van der Waals surface area contributed by atoms with Gasteiger partial charge in [0.2, 0.25) is 0 Å². The largest absolute Gasteiger partial charge is 0.469 e. The molecule has 0 aromatic heterocycles. The fraction of sp³-hybridized carbons (Fsp3) is 0.278. The molecular weight excluding hydrogens is 378 g/mol. The highest BCUT2D eigenvalue weighted by molar-refractivity contribution is 5.71. The Morgan fingerprint density at radius 2 is 1.26 bits per heavy atom. The van der Waals surface area contributed by atoms with Crippen LogP contribution in [0.3, 0.4) is 0 Å². The van der Waals surface area contributed by atoms with Crippen molar-refractivity contribution in [3.8, 4) is 0 Å². The third kappa shape index (κ3) is 4.24. The van der Waals surface area contributed by atoms with Gasteiger partial charge < -0.3 is 9.84 Å². The second-order valence-electron chi connectivity index (χ2n) is 6.12. The summed E-state index contributed by atoms with van der Waals surface area (Å²) in [6.07, 6.45) is -0.828. The highest BCUT2D eigenvalue weighted by atomic mass is 19.2. The van der Waals surface area contributed by atoms with Crippen molar-refractivity contribution >= 4 is 5.97 Å². The van der Waals surface area contributed by atoms with E-state index in [-0.39, 0.29) is 12.1 Å². The van der Waals surface area contributed by atoms with Crippen molar-refractivity contribution < 1.29 is 41.0 Å². The molecule has 0 aliphatic heterocycles. The van der Waals surface area contributed by atoms with Crippen LogP contribution in [0.5, 0.6) is 0 Å². The number of esters is 1. The van der Waals surface area contributed by atoms with Crippen LogP contribution in [0.2, 0.25) is 0 Å². The van der Waals surface area contributed by atoms with Gasteiger partial charge in [-0.15, -0.1) is 0 Å². The summed E-state index contributed by atoms with van der Waals surface area (Å²) in [5, 5.41) is 10.7. The van der Waals surface area contributed by atoms with Gasteiger partial charge in [0.25, 0.3) is 0 Å². The number of aliphatic hydroxyl groups is 1. The van der Waals surface area contributed by atoms with Crippen LogP contribution in [-0.2, 0) is 9.53 Å². The maximum atomic E-state index is 14.3. The lowest BCUT2D eigenvalue weighted by Gasteiger charge is -2.33. The van der Waals surface area contributed by atoms with Crippen LogP contribution in [-0.4, -0.2) is 23.8 Å². The zero-order chi connectivity index (χ0) is 20.5. The molecule has 0 saturated heterocycles. The van der Waals surface area contributed by atoms with Crippen molar-refractivity contribution in [2.24, 2.45) is 0 Å². The summed E-state index contributed by atoms with van der Waals surface area (Å²) < 4.78 is 86.8. The van der Waals surface area contributed by atoms with E-state index in [9.17, 15) is 36.2 Å². The topological polar surface area (TPSA) is 46.5 Å². The normalized spacial score (nSPS) is 13.6. The highest BCUT2D eigenvalue weighted by Gasteiger charge is 2.40. The zero-order valence-corrected chi connectivity index (χ0v) is 14.1. The van der Waals surface area contributed by atoms with Crippen LogP contribution in [0.1, 0.15) is 30.4 Å². The first-order valence-corrected chi connectivity index (χ1v) is 7.56. The number of carbonyl (C=O) groups excluding carboxylic acids is 1. The monoisotopic (exact) mass is 392 g/mol. The lowest BCUT2D eigenvalue weighted by molar-refractivity contribution is -0.146. The molecule has 2 aromatic carbocycles. The van der Waals surface area contributed by atoms with Gasteiger partial charge >= 0.3 is 5.97 Å². The summed E-state index contributed by atoms with van der Waals surface area (Å²) in [5.41, 5.74) is -3.84. The third-order valence-corrected chi connectivity index (χ3v) is 4.05. The SMILES string of the molecule is COC(=O)C[C@@](C)(O)C(c1cc(F)c(F)cc1F)c1cc(F)c(F)cc1F. The maximum absolute atomic E-state index is 14.3. The number of rotatable bonds is 5. The van der Waals surface area contributed by atoms with Crippen molar-refractivity contribution in [1.29, 1.82) is 0 Å². The average molecular weight is 392 g/mol. The molecule has 9 heteroatoms. The highest BCUT2D eigenvalue weighted by Crippen LogP contribution is 2.40. The third-order valence-electron chi connectivity index (χ3n) is 4.05. The summed E-state index contributed by atoms with van der Waals surface area (Å²) >= 11 is 0. The minimum absolute atomic E-state index is 0.156. The van der Waals surface area contributed by atoms with E-state index in [2.05, 4.69) is 4.74 Å². The number of hydrogen-bond acceptors (Lipinski definition) is 3. The summed E-state index contributed by atoms with van der Waals surface area (Å²) in [4.78, 5) is 11.6. The van der Waals surface area contributed by atoms with Crippen LogP contribution in [0.15, 0.2) is 24.3 Å². The second-order valence-corrected chi connectivity index (χ2v) is 6.12. The van der Waals surface area contributed by atoms with Gasteiger partial charge in [0.05, 0.1) is 19.1 Å². The average Bonchev–Trinajstić information content (AvgIpc) is 2.56. The fourth-order valence-electron chi connectivity index (χ4n) is 2.82. The minimum Gasteiger partial charge on any atom is -0.469 e. The molecule has 0 saturated carbocycles. The van der Waals surface area contributed by atoms with Crippen LogP contribution in [0, 0.1) is 34.9 Å². The Labute approximate surface area is 150 Å². The number of hydrogen-bond donors (Lipinski definition) is 1. The molecule has 2 rings (SSSR count). The Kier molecular flexibility index (Phi) is 5.84. The number of halogens is 6. The summed E-state index contributed by atoms with van der Waals surface area (Å²) in [6.45, 7) is 0.968. The molecule has 1 N–H and O–H groups in total. The van der Waals surface area contributed by atoms with Gasteiger partial charge in [0, 0.05) is 29.2 Å². The summed E-state index contributed by atoms with van der Waals surface area (Å²) in [7, 11) is 0.990. The molecule has 0 spiro atoms. The van der Waals surface area contributed by atoms with Crippen molar-refractivity contribution in [3.05, 3.63) is 70.3 Å². The smallest absolute Gasteiger partial charge is 0.308 e. The van der Waals surface area contributed by atoms with Crippen LogP contribution in [0.4, 0.5) is 26.3 Å². The van der Waals surface area contributed by atoms with Crippen LogP contribution in [0.25, 0.3) is 0 Å². The van der Waals surface area contributed by atoms with E-state index >= 15 is 0 Å². The molecule has 2 aromatic rings. The molecule has 0 aliphatic rings. The lowest BCUT2D eigenvalue weighted by Crippen LogP contribution is -2.37. The van der Waals surface area contributed by atoms with E-state index in [0.717, 1.165) is 14.0 Å². The Morgan fingerprint density at radius 1 is 0.889 bits per heavy atom. The summed E-state index contributed by atoms with van der Waals surface area (Å²) in [6, 6.07) is 1.01. The van der Waals surface area contributed by atoms with Crippen molar-refractivity contribution in [2.45, 2.75) is 24.9 Å². The van der Waals surface area contributed by atoms with Crippen molar-refractivity contribution in [1.82, 2.24) is 0 Å². The van der Waals surface area contributed by atoms with E-state index in [1.54, 1.807) is 0 Å². The molecule has 0 fully saturated rings. The molecule has 3 nitrogen and oxygen atoms in total. The summed E-state index contributed by atoms with van der Waals surface area (Å²) in [5.74, 6) is -11.8. The van der Waals surface area contributed by atoms with Gasteiger partial charge in [-0.05, 0) is 19.1 Å². The molecule has 0 amide bonds. The molecule has 0 unspecified atom stereocenters. The lowest BCUT2D eigenvalue weighted by atomic mass is 9.76. The molecule has 27 heavy (non-hydrogen) atoms. The van der Waals surface area contributed by atoms with E-state index in [1.807, 2.05) is 0 Å². The zero-order valence-electron chi connectivity index (χ0n) is 14.1. The molecular formula is C18H14F6O3. The Bertz CT molecular complexity index is 824. The number of carbonyl (C=O) groups is 1. The quantitative estimate of drug-likeness (QED) is 0.476. The van der Waals surface area contributed by atoms with Gasteiger partial charge in [0.1, 0.15) is 11.6 Å². The van der Waals surface area contributed by atoms with E-state index < -0.39 is 69.9 Å². The van der Waals surface area contributed by atoms with Gasteiger partial charge in [-0.25, -0.2) is 26.3 Å². The molecule has 0 aliphatic carbocycles. The number of ether oxygens (including phenoxy) is 1. The van der Waals surface area contributed by atoms with E-state index in [1.165, 1.54) is 0 Å². The van der Waals surface area contributed by atoms with Gasteiger partial charge in [-0.3, -0.25) is 4.79 Å². The number of methoxy groups -OCH3 is 1. The Morgan fingerprint density at radius 3 is 1.63 bits per heavy atom. The first-order valence-electron chi connectivity index (χ1n) is 7.56. The standard InChI is InChI=1S/C18H14F6O3/c1-18(26,7-16(25)27-2)17(8-3-12(21)14(23)5-10(8)19)9-4-13(22)15(24)6-11(9)20/h3-6,17,26H,7H2,1-2H3/t18-/m1/s1. The molecule has 146 valence electrons. The second kappa shape index (κ2) is 7.59. The Hall–Kier alpha value is -2.55. The van der Waals surface area contributed by atoms with Gasteiger partial charge in [0.15, 0.2) is 23.3 Å². The minimum atomic E-state index is -2.33. The van der Waals surface area contributed by atoms with Gasteiger partial charge in [-0.1, -0.05) is 0 Å². The molecule has 0 heterocycles. The maximum Gasteiger partial charge on any atom is 0.308 e. The molecule has 0 bridgehead atoms. The van der Waals surface area contributed by atoms with Gasteiger partial charge in [-0.2, -0.15) is 0 Å². The van der Waals surface area contributed by atoms with Crippen LogP contribution < -0.4 is 0 Å². The van der Waals surface area contributed by atoms with Crippen molar-refractivity contribution in [2.75, 3.05) is 7.11 Å². The van der Waals surface area contributed by atoms with Crippen LogP contribution >= 0.6 is 0 Å². The van der Waals surface area contributed by atoms with E-state index in [0.29, 0.717) is 12.1 Å². The van der Waals surface area contributed by atoms with Crippen molar-refractivity contribution in [3.63, 3.8) is 0 Å². The first kappa shape index (κ1) is 20.8. The Balaban J connectivity index is 2.76. The molecule has 1 atom stereocenters. The predicted octanol–water partition coefficient (Wildman–Crippen LogP) is 3.97. The fourth-order valence-corrected chi connectivity index (χ4v) is 2.82. The first-order chi connectivity index (χ1) is 12.5. The predicted molar refractivity (Wildman–Crippen MR) is 81.7 cm³/mol.